The molecule has 0 saturated heterocycles. The lowest BCUT2D eigenvalue weighted by Gasteiger charge is -2.19. The number of nitrogens with zero attached hydrogens (tertiary/aromatic N) is 1. The van der Waals surface area contributed by atoms with Crippen LogP contribution in [0.5, 0.6) is 0 Å². The lowest BCUT2D eigenvalue weighted by molar-refractivity contribution is -0.129. The number of benzene rings is 2. The van der Waals surface area contributed by atoms with Crippen molar-refractivity contribution in [3.63, 3.8) is 0 Å². The molecule has 1 amide bonds. The molecule has 0 radical (unpaired) electrons. The molecule has 7 heteroatoms. The first-order valence-corrected chi connectivity index (χ1v) is 10.0. The van der Waals surface area contributed by atoms with Crippen molar-refractivity contribution in [3.05, 3.63) is 70.1 Å². The van der Waals surface area contributed by atoms with E-state index in [9.17, 15) is 13.2 Å². The minimum Gasteiger partial charge on any atom is -0.339 e. The van der Waals surface area contributed by atoms with Crippen LogP contribution in [0.4, 0.5) is 5.69 Å². The molecule has 0 spiro atoms. The topological polar surface area (TPSA) is 66.5 Å². The molecule has 0 aliphatic carbocycles. The number of nitrogens with one attached hydrogen (secondary N) is 1. The molecule has 0 heterocycles. The highest BCUT2D eigenvalue weighted by Gasteiger charge is 2.09. The van der Waals surface area contributed by atoms with Gasteiger partial charge in [-0.3, -0.25) is 9.52 Å². The lowest BCUT2D eigenvalue weighted by atomic mass is 10.2. The standard InChI is InChI=1S/C19H21ClN2O3S/c1-3-22(15(2)23)14-17-5-4-6-19(13-17)21-26(24,25)12-11-16-7-9-18(20)10-8-16/h4-13,21H,3,14H2,1-2H3/b12-11+. The summed E-state index contributed by atoms with van der Waals surface area (Å²) in [4.78, 5) is 13.2. The van der Waals surface area contributed by atoms with E-state index in [-0.39, 0.29) is 5.91 Å². The minimum atomic E-state index is -3.65. The SMILES string of the molecule is CCN(Cc1cccc(NS(=O)(=O)/C=C/c2ccc(Cl)cc2)c1)C(C)=O. The number of hydrogen-bond acceptors (Lipinski definition) is 3. The van der Waals surface area contributed by atoms with Crippen molar-refractivity contribution in [1.82, 2.24) is 4.90 Å². The number of sulfonamides is 1. The molecule has 2 aromatic carbocycles. The molecule has 2 aromatic rings. The largest absolute Gasteiger partial charge is 0.339 e. The van der Waals surface area contributed by atoms with Crippen molar-refractivity contribution >= 4 is 39.3 Å². The Labute approximate surface area is 159 Å². The van der Waals surface area contributed by atoms with Gasteiger partial charge in [0.25, 0.3) is 10.0 Å². The summed E-state index contributed by atoms with van der Waals surface area (Å²) in [6.45, 7) is 4.43. The number of carbonyl (C=O) groups is 1. The molecule has 0 aliphatic heterocycles. The summed E-state index contributed by atoms with van der Waals surface area (Å²) < 4.78 is 27.0. The van der Waals surface area contributed by atoms with E-state index in [4.69, 9.17) is 11.6 Å². The van der Waals surface area contributed by atoms with Crippen molar-refractivity contribution in [2.45, 2.75) is 20.4 Å². The van der Waals surface area contributed by atoms with Gasteiger partial charge >= 0.3 is 0 Å². The van der Waals surface area contributed by atoms with Gasteiger partial charge in [0.05, 0.1) is 5.41 Å². The number of halogens is 1. The third-order valence-corrected chi connectivity index (χ3v) is 4.96. The van der Waals surface area contributed by atoms with Gasteiger partial charge in [0.1, 0.15) is 0 Å². The number of amides is 1. The number of hydrogen-bond donors (Lipinski definition) is 1. The third kappa shape index (κ3) is 6.20. The van der Waals surface area contributed by atoms with Crippen molar-refractivity contribution < 1.29 is 13.2 Å². The van der Waals surface area contributed by atoms with E-state index in [1.165, 1.54) is 13.0 Å². The van der Waals surface area contributed by atoms with Crippen LogP contribution in [0.1, 0.15) is 25.0 Å². The lowest BCUT2D eigenvalue weighted by Crippen LogP contribution is -2.27. The van der Waals surface area contributed by atoms with E-state index < -0.39 is 10.0 Å². The quantitative estimate of drug-likeness (QED) is 0.770. The molecule has 0 bridgehead atoms. The molecule has 5 nitrogen and oxygen atoms in total. The fraction of sp³-hybridized carbons (Fsp3) is 0.211. The normalized spacial score (nSPS) is 11.5. The Morgan fingerprint density at radius 3 is 2.50 bits per heavy atom. The van der Waals surface area contributed by atoms with Crippen molar-refractivity contribution in [2.75, 3.05) is 11.3 Å². The second-order valence-corrected chi connectivity index (χ2v) is 7.74. The van der Waals surface area contributed by atoms with Gasteiger partial charge in [-0.15, -0.1) is 0 Å². The Bertz CT molecular complexity index is 893. The molecule has 26 heavy (non-hydrogen) atoms. The summed E-state index contributed by atoms with van der Waals surface area (Å²) in [5.74, 6) is -0.0237. The molecule has 0 fully saturated rings. The van der Waals surface area contributed by atoms with E-state index in [0.717, 1.165) is 16.5 Å². The predicted octanol–water partition coefficient (Wildman–Crippen LogP) is 4.12. The maximum absolute atomic E-state index is 12.2. The molecule has 0 aromatic heterocycles. The first kappa shape index (κ1) is 20.0. The molecule has 2 rings (SSSR count). The van der Waals surface area contributed by atoms with Crippen LogP contribution in [0.15, 0.2) is 53.9 Å². The summed E-state index contributed by atoms with van der Waals surface area (Å²) in [5, 5.41) is 1.70. The maximum Gasteiger partial charge on any atom is 0.255 e. The van der Waals surface area contributed by atoms with Gasteiger partial charge in [0.2, 0.25) is 5.91 Å². The minimum absolute atomic E-state index is 0.0237. The molecule has 0 aliphatic rings. The van der Waals surface area contributed by atoms with E-state index in [1.54, 1.807) is 47.4 Å². The molecule has 0 saturated carbocycles. The van der Waals surface area contributed by atoms with Crippen LogP contribution < -0.4 is 4.72 Å². The Kier molecular flexibility index (Phi) is 6.83. The van der Waals surface area contributed by atoms with Crippen LogP contribution in [-0.4, -0.2) is 25.8 Å². The molecule has 0 atom stereocenters. The smallest absolute Gasteiger partial charge is 0.255 e. The Balaban J connectivity index is 2.10. The molecule has 1 N–H and O–H groups in total. The molecule has 0 unspecified atom stereocenters. The fourth-order valence-electron chi connectivity index (χ4n) is 2.34. The summed E-state index contributed by atoms with van der Waals surface area (Å²) in [6, 6.07) is 13.8. The first-order chi connectivity index (χ1) is 12.3. The average Bonchev–Trinajstić information content (AvgIpc) is 2.59. The van der Waals surface area contributed by atoms with E-state index in [2.05, 4.69) is 4.72 Å². The summed E-state index contributed by atoms with van der Waals surface area (Å²) in [5.41, 5.74) is 2.03. The zero-order chi connectivity index (χ0) is 19.2. The van der Waals surface area contributed by atoms with Gasteiger partial charge < -0.3 is 4.90 Å². The van der Waals surface area contributed by atoms with Crippen LogP contribution in [-0.2, 0) is 21.4 Å². The molecule has 138 valence electrons. The van der Waals surface area contributed by atoms with Gasteiger partial charge in [-0.1, -0.05) is 35.9 Å². The third-order valence-electron chi connectivity index (χ3n) is 3.70. The van der Waals surface area contributed by atoms with Gasteiger partial charge in [0.15, 0.2) is 0 Å². The molecular weight excluding hydrogens is 372 g/mol. The van der Waals surface area contributed by atoms with Crippen LogP contribution in [0.2, 0.25) is 5.02 Å². The number of rotatable bonds is 7. The van der Waals surface area contributed by atoms with Gasteiger partial charge in [0, 0.05) is 30.7 Å². The average molecular weight is 393 g/mol. The number of carbonyl (C=O) groups excluding carboxylic acids is 1. The van der Waals surface area contributed by atoms with Gasteiger partial charge in [-0.2, -0.15) is 0 Å². The molecular formula is C19H21ClN2O3S. The van der Waals surface area contributed by atoms with Crippen LogP contribution >= 0.6 is 11.6 Å². The second-order valence-electron chi connectivity index (χ2n) is 5.73. The summed E-state index contributed by atoms with van der Waals surface area (Å²) in [7, 11) is -3.65. The van der Waals surface area contributed by atoms with Crippen molar-refractivity contribution in [1.29, 1.82) is 0 Å². The highest BCUT2D eigenvalue weighted by atomic mass is 35.5. The first-order valence-electron chi connectivity index (χ1n) is 8.10. The second kappa shape index (κ2) is 8.87. The van der Waals surface area contributed by atoms with Gasteiger partial charge in [-0.05, 0) is 48.4 Å². The zero-order valence-electron chi connectivity index (χ0n) is 14.6. The zero-order valence-corrected chi connectivity index (χ0v) is 16.2. The van der Waals surface area contributed by atoms with Crippen LogP contribution in [0.3, 0.4) is 0 Å². The van der Waals surface area contributed by atoms with Crippen LogP contribution in [0.25, 0.3) is 6.08 Å². The summed E-state index contributed by atoms with van der Waals surface area (Å²) >= 11 is 5.81. The maximum atomic E-state index is 12.2. The Hall–Kier alpha value is -2.31. The van der Waals surface area contributed by atoms with Crippen molar-refractivity contribution in [2.24, 2.45) is 0 Å². The monoisotopic (exact) mass is 392 g/mol. The Morgan fingerprint density at radius 2 is 1.88 bits per heavy atom. The highest BCUT2D eigenvalue weighted by Crippen LogP contribution is 2.16. The fourth-order valence-corrected chi connectivity index (χ4v) is 3.33. The number of anilines is 1. The van der Waals surface area contributed by atoms with E-state index in [0.29, 0.717) is 23.8 Å². The Morgan fingerprint density at radius 1 is 1.19 bits per heavy atom. The van der Waals surface area contributed by atoms with Crippen molar-refractivity contribution in [3.8, 4) is 0 Å². The summed E-state index contributed by atoms with van der Waals surface area (Å²) in [6.07, 6.45) is 1.50. The predicted molar refractivity (Wildman–Crippen MR) is 106 cm³/mol. The van der Waals surface area contributed by atoms with E-state index in [1.807, 2.05) is 13.0 Å². The highest BCUT2D eigenvalue weighted by molar-refractivity contribution is 7.95. The van der Waals surface area contributed by atoms with E-state index >= 15 is 0 Å². The van der Waals surface area contributed by atoms with Gasteiger partial charge in [-0.25, -0.2) is 8.42 Å². The van der Waals surface area contributed by atoms with Crippen LogP contribution in [0, 0.1) is 0 Å².